The number of carbonyl (C=O) groups is 1. The molecule has 0 aliphatic carbocycles. The Labute approximate surface area is 208 Å². The molecular formula is C29H35N5O. The number of hydrogen-bond donors (Lipinski definition) is 1. The third-order valence-electron chi connectivity index (χ3n) is 7.26. The van der Waals surface area contributed by atoms with E-state index in [-0.39, 0.29) is 17.9 Å². The molecule has 1 atom stereocenters. The Kier molecular flexibility index (Phi) is 7.38. The maximum Gasteiger partial charge on any atom is 0.225 e. The molecule has 2 aliphatic heterocycles. The monoisotopic (exact) mass is 469 g/mol. The van der Waals surface area contributed by atoms with Crippen LogP contribution in [0.5, 0.6) is 0 Å². The van der Waals surface area contributed by atoms with E-state index in [0.717, 1.165) is 68.9 Å². The summed E-state index contributed by atoms with van der Waals surface area (Å²) in [5.41, 5.74) is 4.52. The van der Waals surface area contributed by atoms with E-state index in [1.54, 1.807) is 0 Å². The van der Waals surface area contributed by atoms with Gasteiger partial charge in [0.25, 0.3) is 0 Å². The maximum absolute atomic E-state index is 13.1. The summed E-state index contributed by atoms with van der Waals surface area (Å²) < 4.78 is 0. The van der Waals surface area contributed by atoms with E-state index in [0.29, 0.717) is 6.54 Å². The highest BCUT2D eigenvalue weighted by Crippen LogP contribution is 2.24. The first-order chi connectivity index (χ1) is 17.1. The zero-order valence-corrected chi connectivity index (χ0v) is 20.6. The Morgan fingerprint density at radius 1 is 0.943 bits per heavy atom. The second kappa shape index (κ2) is 11.0. The Morgan fingerprint density at radius 3 is 2.51 bits per heavy atom. The lowest BCUT2D eigenvalue weighted by Gasteiger charge is -2.35. The highest BCUT2D eigenvalue weighted by Gasteiger charge is 2.29. The van der Waals surface area contributed by atoms with Gasteiger partial charge in [-0.25, -0.2) is 0 Å². The fourth-order valence-corrected chi connectivity index (χ4v) is 5.25. The maximum atomic E-state index is 13.1. The molecule has 0 bridgehead atoms. The number of likely N-dealkylation sites (tertiary alicyclic amines) is 1. The molecule has 6 nitrogen and oxygen atoms in total. The number of amides is 1. The third kappa shape index (κ3) is 6.06. The number of benzene rings is 2. The Bertz CT molecular complexity index is 1110. The molecule has 35 heavy (non-hydrogen) atoms. The summed E-state index contributed by atoms with van der Waals surface area (Å²) in [6.45, 7) is 6.75. The first-order valence-electron chi connectivity index (χ1n) is 12.9. The van der Waals surface area contributed by atoms with Crippen LogP contribution in [0.15, 0.2) is 66.7 Å². The van der Waals surface area contributed by atoms with E-state index in [9.17, 15) is 4.79 Å². The fourth-order valence-electron chi connectivity index (χ4n) is 5.25. The van der Waals surface area contributed by atoms with Gasteiger partial charge in [-0.15, -0.1) is 10.2 Å². The van der Waals surface area contributed by atoms with Crippen LogP contribution in [0, 0.1) is 12.8 Å². The number of rotatable bonds is 6. The van der Waals surface area contributed by atoms with E-state index >= 15 is 0 Å². The molecule has 182 valence electrons. The lowest BCUT2D eigenvalue weighted by molar-refractivity contribution is -0.126. The molecule has 3 heterocycles. The molecule has 3 aromatic rings. The molecule has 1 aromatic heterocycles. The number of aromatic nitrogens is 2. The van der Waals surface area contributed by atoms with Gasteiger partial charge >= 0.3 is 0 Å². The molecule has 0 radical (unpaired) electrons. The molecule has 5 rings (SSSR count). The minimum Gasteiger partial charge on any atom is -0.354 e. The minimum atomic E-state index is 0.00403. The molecule has 0 spiro atoms. The van der Waals surface area contributed by atoms with Gasteiger partial charge in [-0.1, -0.05) is 54.1 Å². The molecule has 0 saturated carbocycles. The highest BCUT2D eigenvalue weighted by molar-refractivity contribution is 5.80. The summed E-state index contributed by atoms with van der Waals surface area (Å²) in [4.78, 5) is 17.8. The van der Waals surface area contributed by atoms with Crippen LogP contribution >= 0.6 is 0 Å². The van der Waals surface area contributed by atoms with Gasteiger partial charge in [0.1, 0.15) is 0 Å². The predicted molar refractivity (Wildman–Crippen MR) is 140 cm³/mol. The van der Waals surface area contributed by atoms with Crippen molar-refractivity contribution in [3.05, 3.63) is 77.9 Å². The normalized spacial score (nSPS) is 19.5. The quantitative estimate of drug-likeness (QED) is 0.578. The second-order valence-electron chi connectivity index (χ2n) is 9.98. The molecule has 2 aliphatic rings. The van der Waals surface area contributed by atoms with Gasteiger partial charge in [-0.2, -0.15) is 0 Å². The SMILES string of the molecule is Cc1cccc(-c2ccc(N3CCC[C@@H](C(=O)NC4CCN(Cc5ccccc5)CC4)C3)nn2)c1. The van der Waals surface area contributed by atoms with Gasteiger partial charge in [0, 0.05) is 44.3 Å². The first-order valence-corrected chi connectivity index (χ1v) is 12.9. The lowest BCUT2D eigenvalue weighted by atomic mass is 9.95. The van der Waals surface area contributed by atoms with Crippen molar-refractivity contribution in [2.75, 3.05) is 31.1 Å². The smallest absolute Gasteiger partial charge is 0.225 e. The summed E-state index contributed by atoms with van der Waals surface area (Å²) >= 11 is 0. The number of carbonyl (C=O) groups excluding carboxylic acids is 1. The predicted octanol–water partition coefficient (Wildman–Crippen LogP) is 4.45. The number of aryl methyl sites for hydroxylation is 1. The van der Waals surface area contributed by atoms with Crippen LogP contribution < -0.4 is 10.2 Å². The van der Waals surface area contributed by atoms with E-state index in [1.165, 1.54) is 11.1 Å². The van der Waals surface area contributed by atoms with Crippen LogP contribution in [0.3, 0.4) is 0 Å². The van der Waals surface area contributed by atoms with Crippen molar-refractivity contribution in [1.82, 2.24) is 20.4 Å². The van der Waals surface area contributed by atoms with Gasteiger partial charge < -0.3 is 10.2 Å². The van der Waals surface area contributed by atoms with E-state index < -0.39 is 0 Å². The number of anilines is 1. The molecule has 1 N–H and O–H groups in total. The summed E-state index contributed by atoms with van der Waals surface area (Å²) in [6.07, 6.45) is 3.96. The molecular weight excluding hydrogens is 434 g/mol. The molecule has 1 amide bonds. The minimum absolute atomic E-state index is 0.00403. The number of piperidine rings is 2. The van der Waals surface area contributed by atoms with E-state index in [4.69, 9.17) is 0 Å². The molecule has 2 fully saturated rings. The van der Waals surface area contributed by atoms with Crippen molar-refractivity contribution >= 4 is 11.7 Å². The van der Waals surface area contributed by atoms with Crippen molar-refractivity contribution in [3.8, 4) is 11.3 Å². The summed E-state index contributed by atoms with van der Waals surface area (Å²) in [5.74, 6) is 1.05. The van der Waals surface area contributed by atoms with Crippen LogP contribution in [-0.2, 0) is 11.3 Å². The van der Waals surface area contributed by atoms with Gasteiger partial charge in [0.15, 0.2) is 5.82 Å². The lowest BCUT2D eigenvalue weighted by Crippen LogP contribution is -2.49. The molecule has 2 saturated heterocycles. The van der Waals surface area contributed by atoms with Gasteiger partial charge in [0.2, 0.25) is 5.91 Å². The zero-order chi connectivity index (χ0) is 24.0. The van der Waals surface area contributed by atoms with Crippen molar-refractivity contribution in [3.63, 3.8) is 0 Å². The van der Waals surface area contributed by atoms with E-state index in [1.807, 2.05) is 18.2 Å². The van der Waals surface area contributed by atoms with Gasteiger partial charge in [-0.05, 0) is 56.4 Å². The van der Waals surface area contributed by atoms with Crippen LogP contribution in [-0.4, -0.2) is 53.2 Å². The number of hydrogen-bond acceptors (Lipinski definition) is 5. The highest BCUT2D eigenvalue weighted by atomic mass is 16.2. The topological polar surface area (TPSA) is 61.4 Å². The van der Waals surface area contributed by atoms with Crippen molar-refractivity contribution in [2.45, 2.75) is 45.2 Å². The number of nitrogens with one attached hydrogen (secondary N) is 1. The second-order valence-corrected chi connectivity index (χ2v) is 9.98. The number of nitrogens with zero attached hydrogens (tertiary/aromatic N) is 4. The van der Waals surface area contributed by atoms with Crippen molar-refractivity contribution in [1.29, 1.82) is 0 Å². The van der Waals surface area contributed by atoms with Crippen LogP contribution in [0.2, 0.25) is 0 Å². The third-order valence-corrected chi connectivity index (χ3v) is 7.26. The molecule has 6 heteroatoms. The summed E-state index contributed by atoms with van der Waals surface area (Å²) in [5, 5.41) is 12.3. The largest absolute Gasteiger partial charge is 0.354 e. The van der Waals surface area contributed by atoms with Crippen LogP contribution in [0.1, 0.15) is 36.8 Å². The van der Waals surface area contributed by atoms with Crippen LogP contribution in [0.25, 0.3) is 11.3 Å². The molecule has 0 unspecified atom stereocenters. The first kappa shape index (κ1) is 23.5. The van der Waals surface area contributed by atoms with Gasteiger partial charge in [-0.3, -0.25) is 9.69 Å². The standard InChI is InChI=1S/C29H35N5O/c1-22-7-5-10-24(19-22)27-12-13-28(32-31-27)34-16-6-11-25(21-34)29(35)30-26-14-17-33(18-15-26)20-23-8-3-2-4-9-23/h2-5,7-10,12-13,19,25-26H,6,11,14-18,20-21H2,1H3,(H,30,35)/t25-/m1/s1. The van der Waals surface area contributed by atoms with Crippen molar-refractivity contribution < 1.29 is 4.79 Å². The van der Waals surface area contributed by atoms with Gasteiger partial charge in [0.05, 0.1) is 11.6 Å². The van der Waals surface area contributed by atoms with Crippen molar-refractivity contribution in [2.24, 2.45) is 5.92 Å². The summed E-state index contributed by atoms with van der Waals surface area (Å²) in [6, 6.07) is 23.3. The average Bonchev–Trinajstić information content (AvgIpc) is 2.90. The Hall–Kier alpha value is -3.25. The Morgan fingerprint density at radius 2 is 1.77 bits per heavy atom. The van der Waals surface area contributed by atoms with E-state index in [2.05, 4.69) is 80.8 Å². The molecule has 2 aromatic carbocycles. The average molecular weight is 470 g/mol. The summed E-state index contributed by atoms with van der Waals surface area (Å²) in [7, 11) is 0. The van der Waals surface area contributed by atoms with Crippen LogP contribution in [0.4, 0.5) is 5.82 Å². The zero-order valence-electron chi connectivity index (χ0n) is 20.6. The Balaban J connectivity index is 1.12. The fraction of sp³-hybridized carbons (Fsp3) is 0.414.